The first kappa shape index (κ1) is 20.2. The van der Waals surface area contributed by atoms with Crippen molar-refractivity contribution in [2.45, 2.75) is 24.8 Å². The fourth-order valence-electron chi connectivity index (χ4n) is 2.90. The zero-order chi connectivity index (χ0) is 21.4. The third kappa shape index (κ3) is 4.10. The average molecular weight is 521 g/mol. The molecular formula is C19H17FIN7O2. The van der Waals surface area contributed by atoms with Crippen LogP contribution in [0.4, 0.5) is 15.8 Å². The normalized spacial score (nSPS) is 12.2. The summed E-state index contributed by atoms with van der Waals surface area (Å²) in [7, 11) is 0. The zero-order valence-corrected chi connectivity index (χ0v) is 18.4. The summed E-state index contributed by atoms with van der Waals surface area (Å²) in [6.07, 6.45) is 3.37. The van der Waals surface area contributed by atoms with E-state index in [4.69, 9.17) is 4.42 Å². The highest BCUT2D eigenvalue weighted by Crippen LogP contribution is 2.25. The molecule has 3 heterocycles. The Hall–Kier alpha value is -3.09. The second-order valence-corrected chi connectivity index (χ2v) is 8.45. The number of hydrogen-bond acceptors (Lipinski definition) is 7. The average Bonchev–Trinajstić information content (AvgIpc) is 3.24. The lowest BCUT2D eigenvalue weighted by atomic mass is 10.1. The molecule has 0 aliphatic carbocycles. The van der Waals surface area contributed by atoms with Crippen LogP contribution in [0.25, 0.3) is 17.2 Å². The molecule has 1 aromatic carbocycles. The van der Waals surface area contributed by atoms with Crippen molar-refractivity contribution in [3.8, 4) is 11.4 Å². The van der Waals surface area contributed by atoms with E-state index in [0.717, 1.165) is 5.69 Å². The molecule has 4 aromatic rings. The molecular weight excluding hydrogens is 504 g/mol. The number of carbonyl (C=O) groups excluding carboxylic acids is 1. The van der Waals surface area contributed by atoms with Gasteiger partial charge in [0.1, 0.15) is 5.82 Å². The number of benzene rings is 1. The molecule has 1 amide bonds. The fraction of sp³-hybridized carbons (Fsp3) is 0.211. The molecule has 0 saturated heterocycles. The number of alkyl halides is 1. The quantitative estimate of drug-likeness (QED) is 0.232. The van der Waals surface area contributed by atoms with Crippen LogP contribution in [0.15, 0.2) is 35.0 Å². The molecule has 11 heteroatoms. The van der Waals surface area contributed by atoms with E-state index in [9.17, 15) is 9.18 Å². The number of anilines is 2. The van der Waals surface area contributed by atoms with E-state index >= 15 is 0 Å². The number of nitrogens with one attached hydrogen (secondary N) is 2. The van der Waals surface area contributed by atoms with Crippen molar-refractivity contribution in [3.63, 3.8) is 0 Å². The Morgan fingerprint density at radius 1 is 1.27 bits per heavy atom. The molecule has 30 heavy (non-hydrogen) atoms. The summed E-state index contributed by atoms with van der Waals surface area (Å²) < 4.78 is 21.5. The van der Waals surface area contributed by atoms with Gasteiger partial charge < -0.3 is 15.1 Å². The van der Waals surface area contributed by atoms with Gasteiger partial charge in [0.15, 0.2) is 11.7 Å². The van der Waals surface area contributed by atoms with E-state index < -0.39 is 11.7 Å². The standard InChI is InChI=1S/C19H17FIN7O2/c1-9-16(30-11(3)23-9)18(29)25-12-4-5-15(20)14(6-12)17-26-19-22-7-13(24-10(2)21)8-28(19)27-17/h4-8,10,24H,1-3H3,(H,25,29). The Kier molecular flexibility index (Phi) is 5.37. The van der Waals surface area contributed by atoms with E-state index in [1.807, 2.05) is 6.92 Å². The molecule has 154 valence electrons. The Labute approximate surface area is 184 Å². The first-order chi connectivity index (χ1) is 14.3. The highest BCUT2D eigenvalue weighted by Gasteiger charge is 2.18. The van der Waals surface area contributed by atoms with Crippen LogP contribution in [0.1, 0.15) is 29.1 Å². The first-order valence-corrected chi connectivity index (χ1v) is 10.2. The smallest absolute Gasteiger partial charge is 0.293 e. The van der Waals surface area contributed by atoms with E-state index in [-0.39, 0.29) is 21.2 Å². The summed E-state index contributed by atoms with van der Waals surface area (Å²) in [5, 5.41) is 10.2. The highest BCUT2D eigenvalue weighted by atomic mass is 127. The van der Waals surface area contributed by atoms with Gasteiger partial charge >= 0.3 is 0 Å². The van der Waals surface area contributed by atoms with E-state index in [1.54, 1.807) is 26.2 Å². The van der Waals surface area contributed by atoms with E-state index in [2.05, 4.69) is 53.3 Å². The van der Waals surface area contributed by atoms with Crippen molar-refractivity contribution in [1.29, 1.82) is 0 Å². The van der Waals surface area contributed by atoms with Gasteiger partial charge in [0.25, 0.3) is 11.7 Å². The predicted molar refractivity (Wildman–Crippen MR) is 117 cm³/mol. The van der Waals surface area contributed by atoms with Gasteiger partial charge in [-0.25, -0.2) is 18.9 Å². The van der Waals surface area contributed by atoms with Crippen molar-refractivity contribution in [3.05, 3.63) is 53.8 Å². The molecule has 0 spiro atoms. The number of rotatable bonds is 5. The van der Waals surface area contributed by atoms with Crippen LogP contribution in [0.3, 0.4) is 0 Å². The number of oxazole rings is 1. The van der Waals surface area contributed by atoms with Crippen LogP contribution in [0.5, 0.6) is 0 Å². The Balaban J connectivity index is 1.64. The lowest BCUT2D eigenvalue weighted by molar-refractivity contribution is 0.0994. The summed E-state index contributed by atoms with van der Waals surface area (Å²) in [4.78, 5) is 25.1. The van der Waals surface area contributed by atoms with E-state index in [0.29, 0.717) is 23.0 Å². The van der Waals surface area contributed by atoms with Gasteiger partial charge in [-0.3, -0.25) is 4.79 Å². The van der Waals surface area contributed by atoms with Gasteiger partial charge in [-0.15, -0.1) is 5.10 Å². The van der Waals surface area contributed by atoms with Gasteiger partial charge in [-0.2, -0.15) is 4.98 Å². The number of carbonyl (C=O) groups is 1. The maximum Gasteiger partial charge on any atom is 0.293 e. The summed E-state index contributed by atoms with van der Waals surface area (Å²) in [6.45, 7) is 5.33. The molecule has 0 aliphatic heterocycles. The largest absolute Gasteiger partial charge is 0.436 e. The second-order valence-electron chi connectivity index (χ2n) is 6.58. The highest BCUT2D eigenvalue weighted by molar-refractivity contribution is 14.1. The molecule has 2 N–H and O–H groups in total. The maximum atomic E-state index is 14.5. The van der Waals surface area contributed by atoms with Crippen LogP contribution in [0.2, 0.25) is 0 Å². The van der Waals surface area contributed by atoms with Gasteiger partial charge in [0.2, 0.25) is 5.76 Å². The number of amides is 1. The molecule has 3 aromatic heterocycles. The van der Waals surface area contributed by atoms with Crippen LogP contribution >= 0.6 is 22.6 Å². The van der Waals surface area contributed by atoms with Crippen LogP contribution < -0.4 is 10.6 Å². The Morgan fingerprint density at radius 3 is 2.77 bits per heavy atom. The minimum atomic E-state index is -0.519. The van der Waals surface area contributed by atoms with Crippen molar-refractivity contribution < 1.29 is 13.6 Å². The number of aromatic nitrogens is 5. The van der Waals surface area contributed by atoms with Crippen molar-refractivity contribution in [2.75, 3.05) is 10.6 Å². The van der Waals surface area contributed by atoms with E-state index in [1.165, 1.54) is 22.7 Å². The Bertz CT molecular complexity index is 1250. The fourth-order valence-corrected chi connectivity index (χ4v) is 3.26. The second kappa shape index (κ2) is 7.97. The molecule has 4 rings (SSSR count). The summed E-state index contributed by atoms with van der Waals surface area (Å²) in [6, 6.07) is 4.16. The molecule has 0 radical (unpaired) electrons. The van der Waals surface area contributed by atoms with Gasteiger partial charge in [-0.1, -0.05) is 22.6 Å². The van der Waals surface area contributed by atoms with Gasteiger partial charge in [0, 0.05) is 12.6 Å². The number of aryl methyl sites for hydroxylation is 2. The molecule has 0 bridgehead atoms. The molecule has 9 nitrogen and oxygen atoms in total. The van der Waals surface area contributed by atoms with Crippen molar-refractivity contribution in [2.24, 2.45) is 0 Å². The minimum Gasteiger partial charge on any atom is -0.436 e. The van der Waals surface area contributed by atoms with Gasteiger partial charge in [0.05, 0.1) is 33.4 Å². The Morgan fingerprint density at radius 2 is 2.07 bits per heavy atom. The number of fused-ring (bicyclic) bond motifs is 1. The third-order valence-electron chi connectivity index (χ3n) is 4.13. The SMILES string of the molecule is Cc1nc(C)c(C(=O)Nc2ccc(F)c(-c3nc4ncc(NC(C)I)cn4n3)c2)o1. The summed E-state index contributed by atoms with van der Waals surface area (Å²) in [5.41, 5.74) is 1.75. The summed E-state index contributed by atoms with van der Waals surface area (Å²) in [5.74, 6) is -0.00270. The maximum absolute atomic E-state index is 14.5. The lowest BCUT2D eigenvalue weighted by Crippen LogP contribution is -2.12. The minimum absolute atomic E-state index is 0.109. The molecule has 1 atom stereocenters. The van der Waals surface area contributed by atoms with Crippen LogP contribution in [-0.4, -0.2) is 34.5 Å². The number of nitrogens with zero attached hydrogens (tertiary/aromatic N) is 5. The van der Waals surface area contributed by atoms with Crippen molar-refractivity contribution >= 4 is 45.7 Å². The number of hydrogen-bond donors (Lipinski definition) is 2. The topological polar surface area (TPSA) is 110 Å². The van der Waals surface area contributed by atoms with Crippen molar-refractivity contribution in [1.82, 2.24) is 24.6 Å². The zero-order valence-electron chi connectivity index (χ0n) is 16.3. The van der Waals surface area contributed by atoms with Crippen LogP contribution in [-0.2, 0) is 0 Å². The van der Waals surface area contributed by atoms with Gasteiger partial charge in [-0.05, 0) is 32.0 Å². The number of halogens is 2. The molecule has 0 fully saturated rings. The molecule has 0 saturated carbocycles. The van der Waals surface area contributed by atoms with Crippen LogP contribution in [0, 0.1) is 19.7 Å². The molecule has 1 unspecified atom stereocenters. The summed E-state index contributed by atoms with van der Waals surface area (Å²) >= 11 is 2.23. The molecule has 0 aliphatic rings. The monoisotopic (exact) mass is 521 g/mol. The first-order valence-electron chi connectivity index (χ1n) is 8.98. The third-order valence-corrected chi connectivity index (χ3v) is 4.45. The lowest BCUT2D eigenvalue weighted by Gasteiger charge is -2.07. The predicted octanol–water partition coefficient (Wildman–Crippen LogP) is 3.98.